The van der Waals surface area contributed by atoms with E-state index >= 15 is 0 Å². The molecule has 1 aromatic heterocycles. The van der Waals surface area contributed by atoms with Crippen molar-refractivity contribution in [3.8, 4) is 17.2 Å². The number of hydrogen-bond acceptors (Lipinski definition) is 6. The minimum absolute atomic E-state index is 0.175. The summed E-state index contributed by atoms with van der Waals surface area (Å²) >= 11 is 0. The van der Waals surface area contributed by atoms with E-state index in [1.54, 1.807) is 38.4 Å². The molecule has 0 aliphatic carbocycles. The van der Waals surface area contributed by atoms with Crippen molar-refractivity contribution < 1.29 is 19.2 Å². The molecule has 150 valence electrons. The van der Waals surface area contributed by atoms with E-state index in [2.05, 4.69) is 10.3 Å². The Morgan fingerprint density at radius 2 is 2.00 bits per heavy atom. The molecule has 3 rings (SSSR count). The van der Waals surface area contributed by atoms with Crippen LogP contribution in [0.5, 0.6) is 11.5 Å². The van der Waals surface area contributed by atoms with Gasteiger partial charge in [-0.1, -0.05) is 0 Å². The number of nitrogens with zero attached hydrogens (tertiary/aromatic N) is 3. The van der Waals surface area contributed by atoms with Crippen LogP contribution in [-0.4, -0.2) is 34.6 Å². The number of nitrogens with one attached hydrogen (secondary N) is 1. The van der Waals surface area contributed by atoms with Crippen molar-refractivity contribution in [1.29, 1.82) is 0 Å². The summed E-state index contributed by atoms with van der Waals surface area (Å²) in [5.74, 6) is 0.782. The fourth-order valence-corrected chi connectivity index (χ4v) is 2.97. The molecule has 3 aromatic rings. The topological polar surface area (TPSA) is 109 Å². The summed E-state index contributed by atoms with van der Waals surface area (Å²) in [7, 11) is 3.09. The molecule has 1 heterocycles. The highest BCUT2D eigenvalue weighted by atomic mass is 16.6. The molecule has 0 saturated carbocycles. The number of aromatic nitrogens is 2. The zero-order valence-electron chi connectivity index (χ0n) is 16.2. The molecule has 29 heavy (non-hydrogen) atoms. The molecule has 0 aliphatic rings. The Kier molecular flexibility index (Phi) is 5.77. The van der Waals surface area contributed by atoms with Crippen LogP contribution < -0.4 is 14.8 Å². The first-order valence-corrected chi connectivity index (χ1v) is 8.74. The maximum Gasteiger partial charge on any atom is 0.294 e. The SMILES string of the molecule is COc1ccc(OC)c(C(C)NC(=O)c2ccc(-n3ccnc3)c([N+](=O)[O-])c2)c1. The lowest BCUT2D eigenvalue weighted by molar-refractivity contribution is -0.384. The van der Waals surface area contributed by atoms with Crippen LogP contribution in [0.2, 0.25) is 0 Å². The maximum atomic E-state index is 12.7. The number of nitro benzene ring substituents is 1. The molecule has 0 fully saturated rings. The van der Waals surface area contributed by atoms with Crippen molar-refractivity contribution in [2.75, 3.05) is 14.2 Å². The molecule has 1 atom stereocenters. The first-order valence-electron chi connectivity index (χ1n) is 8.74. The summed E-state index contributed by atoms with van der Waals surface area (Å²) < 4.78 is 12.1. The standard InChI is InChI=1S/C20H20N4O5/c1-13(16-11-15(28-2)5-7-19(16)29-3)22-20(25)14-4-6-17(18(10-14)24(26)27)23-9-8-21-12-23/h4-13H,1-3H3,(H,22,25). The minimum Gasteiger partial charge on any atom is -0.497 e. The number of amides is 1. The van der Waals surface area contributed by atoms with Gasteiger partial charge in [-0.15, -0.1) is 0 Å². The van der Waals surface area contributed by atoms with Gasteiger partial charge in [0.2, 0.25) is 0 Å². The fourth-order valence-electron chi connectivity index (χ4n) is 2.97. The number of benzene rings is 2. The predicted octanol–water partition coefficient (Wildman–Crippen LogP) is 3.29. The van der Waals surface area contributed by atoms with E-state index in [9.17, 15) is 14.9 Å². The third-order valence-corrected chi connectivity index (χ3v) is 4.47. The van der Waals surface area contributed by atoms with Crippen molar-refractivity contribution in [3.05, 3.63) is 76.4 Å². The second kappa shape index (κ2) is 8.42. The van der Waals surface area contributed by atoms with Gasteiger partial charge >= 0.3 is 0 Å². The van der Waals surface area contributed by atoms with Gasteiger partial charge in [-0.3, -0.25) is 14.9 Å². The van der Waals surface area contributed by atoms with Crippen LogP contribution in [0.1, 0.15) is 28.9 Å². The zero-order valence-corrected chi connectivity index (χ0v) is 16.2. The molecule has 0 aliphatic heterocycles. The quantitative estimate of drug-likeness (QED) is 0.485. The number of carbonyl (C=O) groups is 1. The van der Waals surface area contributed by atoms with E-state index in [4.69, 9.17) is 9.47 Å². The molecule has 0 spiro atoms. The second-order valence-electron chi connectivity index (χ2n) is 6.23. The van der Waals surface area contributed by atoms with Crippen molar-refractivity contribution in [3.63, 3.8) is 0 Å². The molecular formula is C20H20N4O5. The minimum atomic E-state index is -0.527. The molecular weight excluding hydrogens is 376 g/mol. The lowest BCUT2D eigenvalue weighted by Gasteiger charge is -2.18. The van der Waals surface area contributed by atoms with E-state index in [1.807, 2.05) is 0 Å². The molecule has 1 unspecified atom stereocenters. The Balaban J connectivity index is 1.88. The molecule has 1 N–H and O–H groups in total. The number of rotatable bonds is 7. The maximum absolute atomic E-state index is 12.7. The van der Waals surface area contributed by atoms with Crippen molar-refractivity contribution >= 4 is 11.6 Å². The van der Waals surface area contributed by atoms with Crippen LogP contribution in [0.25, 0.3) is 5.69 Å². The summed E-state index contributed by atoms with van der Waals surface area (Å²) in [6, 6.07) is 9.17. The zero-order chi connectivity index (χ0) is 21.0. The van der Waals surface area contributed by atoms with Gasteiger partial charge in [-0.2, -0.15) is 0 Å². The van der Waals surface area contributed by atoms with Gasteiger partial charge in [0.25, 0.3) is 11.6 Å². The third-order valence-electron chi connectivity index (χ3n) is 4.47. The van der Waals surface area contributed by atoms with Gasteiger partial charge in [0.1, 0.15) is 17.2 Å². The third kappa shape index (κ3) is 4.18. The van der Waals surface area contributed by atoms with Crippen LogP contribution in [0.4, 0.5) is 5.69 Å². The van der Waals surface area contributed by atoms with Gasteiger partial charge in [0.15, 0.2) is 0 Å². The number of imidazole rings is 1. The number of hydrogen-bond donors (Lipinski definition) is 1. The Labute approximate surface area is 167 Å². The Morgan fingerprint density at radius 3 is 2.62 bits per heavy atom. The van der Waals surface area contributed by atoms with Gasteiger partial charge in [-0.25, -0.2) is 4.98 Å². The summed E-state index contributed by atoms with van der Waals surface area (Å²) in [6.07, 6.45) is 4.58. The largest absolute Gasteiger partial charge is 0.497 e. The average Bonchev–Trinajstić information content (AvgIpc) is 3.27. The smallest absolute Gasteiger partial charge is 0.294 e. The molecule has 9 nitrogen and oxygen atoms in total. The summed E-state index contributed by atoms with van der Waals surface area (Å²) in [4.78, 5) is 27.6. The van der Waals surface area contributed by atoms with Crippen LogP contribution >= 0.6 is 0 Å². The highest BCUT2D eigenvalue weighted by molar-refractivity contribution is 5.95. The van der Waals surface area contributed by atoms with Crippen LogP contribution in [-0.2, 0) is 0 Å². The van der Waals surface area contributed by atoms with Crippen LogP contribution in [0.15, 0.2) is 55.1 Å². The van der Waals surface area contributed by atoms with Crippen LogP contribution in [0, 0.1) is 10.1 Å². The lowest BCUT2D eigenvalue weighted by Crippen LogP contribution is -2.27. The molecule has 9 heteroatoms. The number of methoxy groups -OCH3 is 2. The van der Waals surface area contributed by atoms with Crippen molar-refractivity contribution in [1.82, 2.24) is 14.9 Å². The predicted molar refractivity (Wildman–Crippen MR) is 106 cm³/mol. The van der Waals surface area contributed by atoms with Crippen LogP contribution in [0.3, 0.4) is 0 Å². The highest BCUT2D eigenvalue weighted by Gasteiger charge is 2.21. The first kappa shape index (κ1) is 19.9. The van der Waals surface area contributed by atoms with E-state index in [0.717, 1.165) is 5.56 Å². The summed E-state index contributed by atoms with van der Waals surface area (Å²) in [5, 5.41) is 14.3. The van der Waals surface area contributed by atoms with Crippen molar-refractivity contribution in [2.45, 2.75) is 13.0 Å². The van der Waals surface area contributed by atoms with Gasteiger partial charge < -0.3 is 19.4 Å². The van der Waals surface area contributed by atoms with E-state index < -0.39 is 16.9 Å². The van der Waals surface area contributed by atoms with Gasteiger partial charge in [0, 0.05) is 29.6 Å². The van der Waals surface area contributed by atoms with E-state index in [-0.39, 0.29) is 11.3 Å². The molecule has 0 saturated heterocycles. The van der Waals surface area contributed by atoms with Gasteiger partial charge in [-0.05, 0) is 37.3 Å². The second-order valence-corrected chi connectivity index (χ2v) is 6.23. The summed E-state index contributed by atoms with van der Waals surface area (Å²) in [5.41, 5.74) is 1.04. The van der Waals surface area contributed by atoms with Gasteiger partial charge in [0.05, 0.1) is 31.5 Å². The normalized spacial score (nSPS) is 11.6. The molecule has 1 amide bonds. The number of ether oxygens (including phenoxy) is 2. The lowest BCUT2D eigenvalue weighted by atomic mass is 10.1. The highest BCUT2D eigenvalue weighted by Crippen LogP contribution is 2.30. The molecule has 0 bridgehead atoms. The Bertz CT molecular complexity index is 1030. The number of nitro groups is 1. The Morgan fingerprint density at radius 1 is 1.21 bits per heavy atom. The monoisotopic (exact) mass is 396 g/mol. The van der Waals surface area contributed by atoms with Crippen molar-refractivity contribution in [2.24, 2.45) is 0 Å². The van der Waals surface area contributed by atoms with E-state index in [1.165, 1.54) is 42.4 Å². The Hall–Kier alpha value is -3.88. The average molecular weight is 396 g/mol. The first-order chi connectivity index (χ1) is 13.9. The number of carbonyl (C=O) groups excluding carboxylic acids is 1. The summed E-state index contributed by atoms with van der Waals surface area (Å²) in [6.45, 7) is 1.80. The fraction of sp³-hybridized carbons (Fsp3) is 0.200. The molecule has 2 aromatic carbocycles. The molecule has 0 radical (unpaired) electrons. The van der Waals surface area contributed by atoms with E-state index in [0.29, 0.717) is 17.2 Å².